The van der Waals surface area contributed by atoms with E-state index in [0.29, 0.717) is 20.8 Å². The third-order valence-corrected chi connectivity index (χ3v) is 8.82. The predicted molar refractivity (Wildman–Crippen MR) is 160 cm³/mol. The van der Waals surface area contributed by atoms with Crippen LogP contribution in [0.4, 0.5) is 5.69 Å². The molecule has 0 fully saturated rings. The number of methoxy groups -OCH3 is 1. The molecule has 12 heteroatoms. The van der Waals surface area contributed by atoms with Crippen molar-refractivity contribution in [3.05, 3.63) is 105 Å². The summed E-state index contributed by atoms with van der Waals surface area (Å²) < 4.78 is 35.2. The molecule has 208 valence electrons. The summed E-state index contributed by atoms with van der Waals surface area (Å²) in [5.74, 6) is -0.148. The molecule has 1 heterocycles. The van der Waals surface area contributed by atoms with Crippen molar-refractivity contribution in [3.63, 3.8) is 0 Å². The number of benzene rings is 3. The van der Waals surface area contributed by atoms with Crippen LogP contribution in [0.1, 0.15) is 17.0 Å². The molecule has 0 saturated carbocycles. The third-order valence-electron chi connectivity index (χ3n) is 6.06. The van der Waals surface area contributed by atoms with Gasteiger partial charge in [-0.1, -0.05) is 40.9 Å². The molecule has 0 aliphatic carbocycles. The number of aryl methyl sites for hydroxylation is 1. The summed E-state index contributed by atoms with van der Waals surface area (Å²) in [7, 11) is -2.65. The smallest absolute Gasteiger partial charge is 0.264 e. The van der Waals surface area contributed by atoms with Crippen molar-refractivity contribution in [2.75, 3.05) is 18.0 Å². The van der Waals surface area contributed by atoms with Gasteiger partial charge in [-0.2, -0.15) is 5.10 Å². The van der Waals surface area contributed by atoms with Gasteiger partial charge in [0.1, 0.15) is 12.3 Å². The number of halogens is 3. The molecule has 4 aromatic rings. The Bertz CT molecular complexity index is 1690. The van der Waals surface area contributed by atoms with Gasteiger partial charge in [0, 0.05) is 27.7 Å². The lowest BCUT2D eigenvalue weighted by Gasteiger charge is -2.24. The Kier molecular flexibility index (Phi) is 9.10. The number of sulfonamides is 1. The van der Waals surface area contributed by atoms with E-state index in [0.717, 1.165) is 26.9 Å². The molecule has 0 radical (unpaired) electrons. The first-order chi connectivity index (χ1) is 19.0. The average molecular weight is 620 g/mol. The largest absolute Gasteiger partial charge is 0.497 e. The highest BCUT2D eigenvalue weighted by Crippen LogP contribution is 2.28. The molecule has 0 aliphatic heterocycles. The van der Waals surface area contributed by atoms with Crippen LogP contribution in [-0.2, 0) is 14.8 Å². The molecule has 0 unspecified atom stereocenters. The molecule has 40 heavy (non-hydrogen) atoms. The number of hydrazone groups is 1. The van der Waals surface area contributed by atoms with Crippen LogP contribution in [0.5, 0.6) is 5.75 Å². The van der Waals surface area contributed by atoms with Crippen LogP contribution in [-0.4, -0.2) is 38.8 Å². The van der Waals surface area contributed by atoms with Crippen molar-refractivity contribution in [3.8, 4) is 11.4 Å². The summed E-state index contributed by atoms with van der Waals surface area (Å²) >= 11 is 18.4. The molecule has 4 rings (SSSR count). The maximum atomic E-state index is 13.5. The summed E-state index contributed by atoms with van der Waals surface area (Å²) in [4.78, 5) is 12.9. The van der Waals surface area contributed by atoms with E-state index in [1.807, 2.05) is 30.5 Å². The number of aromatic nitrogens is 1. The Labute approximate surface area is 247 Å². The fraction of sp³-hybridized carbons (Fsp3) is 0.143. The molecule has 0 atom stereocenters. The van der Waals surface area contributed by atoms with E-state index >= 15 is 0 Å². The van der Waals surface area contributed by atoms with E-state index in [-0.39, 0.29) is 10.6 Å². The Balaban J connectivity index is 1.56. The van der Waals surface area contributed by atoms with Crippen molar-refractivity contribution in [2.24, 2.45) is 5.10 Å². The lowest BCUT2D eigenvalue weighted by Crippen LogP contribution is -2.39. The molecule has 1 N–H and O–H groups in total. The van der Waals surface area contributed by atoms with Crippen LogP contribution < -0.4 is 14.5 Å². The topological polar surface area (TPSA) is 93.0 Å². The van der Waals surface area contributed by atoms with Gasteiger partial charge in [0.05, 0.1) is 34.0 Å². The van der Waals surface area contributed by atoms with E-state index < -0.39 is 22.5 Å². The summed E-state index contributed by atoms with van der Waals surface area (Å²) in [6.07, 6.45) is 1.50. The third kappa shape index (κ3) is 6.45. The second kappa shape index (κ2) is 12.3. The van der Waals surface area contributed by atoms with Gasteiger partial charge in [-0.05, 0) is 80.6 Å². The first-order valence-corrected chi connectivity index (χ1v) is 14.5. The zero-order valence-corrected chi connectivity index (χ0v) is 24.8. The molecule has 8 nitrogen and oxygen atoms in total. The van der Waals surface area contributed by atoms with Gasteiger partial charge in [0.2, 0.25) is 0 Å². The summed E-state index contributed by atoms with van der Waals surface area (Å²) in [5, 5.41) is 5.29. The number of hydrogen-bond acceptors (Lipinski definition) is 5. The monoisotopic (exact) mass is 618 g/mol. The van der Waals surface area contributed by atoms with Crippen LogP contribution in [0.3, 0.4) is 0 Å². The Morgan fingerprint density at radius 1 is 1.00 bits per heavy atom. The number of rotatable bonds is 9. The van der Waals surface area contributed by atoms with E-state index in [1.54, 1.807) is 30.3 Å². The van der Waals surface area contributed by atoms with Crippen molar-refractivity contribution in [1.29, 1.82) is 0 Å². The predicted octanol–water partition coefficient (Wildman–Crippen LogP) is 6.41. The quantitative estimate of drug-likeness (QED) is 0.173. The number of carbonyl (C=O) groups is 1. The first-order valence-electron chi connectivity index (χ1n) is 11.9. The Morgan fingerprint density at radius 3 is 2.38 bits per heavy atom. The Morgan fingerprint density at radius 2 is 1.73 bits per heavy atom. The number of carbonyl (C=O) groups excluding carboxylic acids is 1. The van der Waals surface area contributed by atoms with Gasteiger partial charge >= 0.3 is 0 Å². The fourth-order valence-corrected chi connectivity index (χ4v) is 5.99. The standard InChI is InChI=1S/C28H25Cl3N4O4S/c1-18-13-20(19(2)35(18)23-7-12-26(30)27(31)15-23)16-32-33-28(36)17-34(22-6-4-5-21(29)14-22)40(37,38)25-10-8-24(39-3)9-11-25/h4-16H,17H2,1-3H3,(H,33,36)/b32-16-. The second-order valence-electron chi connectivity index (χ2n) is 8.72. The summed E-state index contributed by atoms with van der Waals surface area (Å²) in [6, 6.07) is 19.4. The SMILES string of the molecule is COc1ccc(S(=O)(=O)N(CC(=O)N/N=C\c2cc(C)n(-c3ccc(Cl)c(Cl)c3)c2C)c2cccc(Cl)c2)cc1. The van der Waals surface area contributed by atoms with Crippen molar-refractivity contribution < 1.29 is 17.9 Å². The number of nitrogens with zero attached hydrogens (tertiary/aromatic N) is 3. The zero-order chi connectivity index (χ0) is 29.0. The Hall–Kier alpha value is -3.50. The minimum absolute atomic E-state index is 0.0145. The molecule has 1 amide bonds. The molecular weight excluding hydrogens is 595 g/mol. The number of hydrogen-bond donors (Lipinski definition) is 1. The molecule has 0 bridgehead atoms. The van der Waals surface area contributed by atoms with Crippen LogP contribution >= 0.6 is 34.8 Å². The number of ether oxygens (including phenoxy) is 1. The summed E-state index contributed by atoms with van der Waals surface area (Å²) in [5.41, 5.74) is 6.01. The molecular formula is C28H25Cl3N4O4S. The number of amides is 1. The summed E-state index contributed by atoms with van der Waals surface area (Å²) in [6.45, 7) is 3.30. The normalized spacial score (nSPS) is 11.6. The van der Waals surface area contributed by atoms with Gasteiger partial charge < -0.3 is 9.30 Å². The second-order valence-corrected chi connectivity index (χ2v) is 11.8. The highest BCUT2D eigenvalue weighted by Gasteiger charge is 2.27. The lowest BCUT2D eigenvalue weighted by atomic mass is 10.2. The van der Waals surface area contributed by atoms with Gasteiger partial charge in [-0.3, -0.25) is 9.10 Å². The zero-order valence-electron chi connectivity index (χ0n) is 21.7. The van der Waals surface area contributed by atoms with Gasteiger partial charge in [0.15, 0.2) is 0 Å². The lowest BCUT2D eigenvalue weighted by molar-refractivity contribution is -0.119. The minimum Gasteiger partial charge on any atom is -0.497 e. The van der Waals surface area contributed by atoms with E-state index in [9.17, 15) is 13.2 Å². The first kappa shape index (κ1) is 29.5. The van der Waals surface area contributed by atoms with Gasteiger partial charge in [-0.25, -0.2) is 13.8 Å². The van der Waals surface area contributed by atoms with Crippen molar-refractivity contribution in [2.45, 2.75) is 18.7 Å². The van der Waals surface area contributed by atoms with Crippen LogP contribution in [0.15, 0.2) is 82.8 Å². The van der Waals surface area contributed by atoms with Crippen LogP contribution in [0.2, 0.25) is 15.1 Å². The van der Waals surface area contributed by atoms with Gasteiger partial charge in [-0.15, -0.1) is 0 Å². The van der Waals surface area contributed by atoms with E-state index in [1.165, 1.54) is 43.7 Å². The highest BCUT2D eigenvalue weighted by atomic mass is 35.5. The van der Waals surface area contributed by atoms with Gasteiger partial charge in [0.25, 0.3) is 15.9 Å². The van der Waals surface area contributed by atoms with Crippen molar-refractivity contribution in [1.82, 2.24) is 9.99 Å². The molecule has 0 spiro atoms. The molecule has 0 saturated heterocycles. The van der Waals surface area contributed by atoms with E-state index in [2.05, 4.69) is 10.5 Å². The maximum Gasteiger partial charge on any atom is 0.264 e. The maximum absolute atomic E-state index is 13.5. The highest BCUT2D eigenvalue weighted by molar-refractivity contribution is 7.92. The molecule has 0 aliphatic rings. The number of nitrogens with one attached hydrogen (secondary N) is 1. The van der Waals surface area contributed by atoms with E-state index in [4.69, 9.17) is 39.5 Å². The average Bonchev–Trinajstić information content (AvgIpc) is 3.21. The molecule has 1 aromatic heterocycles. The van der Waals surface area contributed by atoms with Crippen LogP contribution in [0, 0.1) is 13.8 Å². The minimum atomic E-state index is -4.13. The molecule has 3 aromatic carbocycles. The van der Waals surface area contributed by atoms with Crippen LogP contribution in [0.25, 0.3) is 5.69 Å². The number of anilines is 1. The van der Waals surface area contributed by atoms with Crippen molar-refractivity contribution >= 4 is 62.6 Å². The fourth-order valence-electron chi connectivity index (χ4n) is 4.10.